The third kappa shape index (κ3) is 4.75. The molecule has 3 aromatic rings. The second-order valence-corrected chi connectivity index (χ2v) is 7.96. The van der Waals surface area contributed by atoms with E-state index in [0.29, 0.717) is 24.2 Å². The first-order chi connectivity index (χ1) is 15.0. The second kappa shape index (κ2) is 8.40. The number of aromatic nitrogens is 2. The molecule has 1 aliphatic heterocycles. The highest BCUT2D eigenvalue weighted by Gasteiger charge is 2.39. The van der Waals surface area contributed by atoms with Gasteiger partial charge in [0.15, 0.2) is 0 Å². The lowest BCUT2D eigenvalue weighted by atomic mass is 10.1. The number of alkyl halides is 6. The molecule has 0 atom stereocenters. The topological polar surface area (TPSA) is 41.2 Å². The van der Waals surface area contributed by atoms with Crippen molar-refractivity contribution in [2.45, 2.75) is 37.8 Å². The molecular weight excluding hydrogens is 436 g/mol. The molecule has 0 unspecified atom stereocenters. The summed E-state index contributed by atoms with van der Waals surface area (Å²) in [6, 6.07) is 8.24. The number of ether oxygens (including phenoxy) is 1. The van der Waals surface area contributed by atoms with E-state index in [1.807, 2.05) is 19.2 Å². The summed E-state index contributed by atoms with van der Waals surface area (Å²) in [5.41, 5.74) is -2.15. The summed E-state index contributed by atoms with van der Waals surface area (Å²) in [4.78, 5) is 8.81. The van der Waals surface area contributed by atoms with Crippen molar-refractivity contribution in [3.8, 4) is 11.4 Å². The van der Waals surface area contributed by atoms with Crippen LogP contribution in [0, 0.1) is 0 Å². The second-order valence-electron chi connectivity index (χ2n) is 7.96. The van der Waals surface area contributed by atoms with E-state index in [1.54, 1.807) is 12.1 Å². The maximum absolute atomic E-state index is 13.4. The Morgan fingerprint density at radius 1 is 1.00 bits per heavy atom. The van der Waals surface area contributed by atoms with Gasteiger partial charge in [0.1, 0.15) is 11.3 Å². The molecule has 172 valence electrons. The number of aromatic amines is 1. The molecule has 2 heterocycles. The van der Waals surface area contributed by atoms with Gasteiger partial charge in [-0.25, -0.2) is 4.98 Å². The highest BCUT2D eigenvalue weighted by atomic mass is 19.4. The van der Waals surface area contributed by atoms with Crippen LogP contribution < -0.4 is 0 Å². The van der Waals surface area contributed by atoms with Crippen LogP contribution in [-0.4, -0.2) is 41.2 Å². The quantitative estimate of drug-likeness (QED) is 0.498. The van der Waals surface area contributed by atoms with E-state index in [4.69, 9.17) is 4.74 Å². The SMILES string of the molecule is CN(Cc1ccc(-c2nc3c(C(F)(F)F)cc(C(F)(F)F)cc3[nH]2)cc1)C1CCOCC1. The van der Waals surface area contributed by atoms with Gasteiger partial charge in [-0.05, 0) is 37.6 Å². The van der Waals surface area contributed by atoms with Crippen LogP contribution in [0.4, 0.5) is 26.3 Å². The summed E-state index contributed by atoms with van der Waals surface area (Å²) in [6.45, 7) is 2.16. The van der Waals surface area contributed by atoms with Crippen molar-refractivity contribution in [2.75, 3.05) is 20.3 Å². The molecule has 32 heavy (non-hydrogen) atoms. The summed E-state index contributed by atoms with van der Waals surface area (Å²) in [6.07, 6.45) is -7.97. The number of nitrogens with one attached hydrogen (secondary N) is 1. The maximum Gasteiger partial charge on any atom is 0.418 e. The van der Waals surface area contributed by atoms with Gasteiger partial charge in [-0.1, -0.05) is 24.3 Å². The van der Waals surface area contributed by atoms with Gasteiger partial charge >= 0.3 is 12.4 Å². The van der Waals surface area contributed by atoms with Crippen LogP contribution >= 0.6 is 0 Å². The third-order valence-corrected chi connectivity index (χ3v) is 5.69. The predicted molar refractivity (Wildman–Crippen MR) is 107 cm³/mol. The minimum Gasteiger partial charge on any atom is -0.381 e. The molecule has 1 saturated heterocycles. The molecule has 1 aromatic heterocycles. The van der Waals surface area contributed by atoms with Crippen LogP contribution in [0.25, 0.3) is 22.4 Å². The molecule has 1 aliphatic rings. The molecule has 0 saturated carbocycles. The van der Waals surface area contributed by atoms with Crippen molar-refractivity contribution >= 4 is 11.0 Å². The third-order valence-electron chi connectivity index (χ3n) is 5.69. The summed E-state index contributed by atoms with van der Waals surface area (Å²) in [5.74, 6) is 0.0779. The molecule has 4 nitrogen and oxygen atoms in total. The fourth-order valence-corrected chi connectivity index (χ4v) is 3.95. The van der Waals surface area contributed by atoms with Crippen molar-refractivity contribution in [1.29, 1.82) is 0 Å². The normalized spacial score (nSPS) is 16.2. The van der Waals surface area contributed by atoms with Gasteiger partial charge in [0.2, 0.25) is 0 Å². The fraction of sp³-hybridized carbons (Fsp3) is 0.409. The highest BCUT2D eigenvalue weighted by Crippen LogP contribution is 2.40. The lowest BCUT2D eigenvalue weighted by molar-refractivity contribution is -0.142. The van der Waals surface area contributed by atoms with Crippen molar-refractivity contribution in [3.63, 3.8) is 0 Å². The molecule has 0 radical (unpaired) electrons. The molecule has 0 bridgehead atoms. The average Bonchev–Trinajstić information content (AvgIpc) is 3.17. The monoisotopic (exact) mass is 457 g/mol. The Morgan fingerprint density at radius 2 is 1.66 bits per heavy atom. The lowest BCUT2D eigenvalue weighted by Crippen LogP contribution is -2.36. The Hall–Kier alpha value is -2.59. The van der Waals surface area contributed by atoms with Crippen molar-refractivity contribution in [1.82, 2.24) is 14.9 Å². The first-order valence-corrected chi connectivity index (χ1v) is 10.1. The van der Waals surface area contributed by atoms with Crippen LogP contribution in [0.5, 0.6) is 0 Å². The molecule has 10 heteroatoms. The van der Waals surface area contributed by atoms with Gasteiger partial charge < -0.3 is 9.72 Å². The Morgan fingerprint density at radius 3 is 2.25 bits per heavy atom. The Bertz CT molecular complexity index is 1080. The first-order valence-electron chi connectivity index (χ1n) is 10.1. The van der Waals surface area contributed by atoms with Crippen molar-refractivity contribution in [2.24, 2.45) is 0 Å². The van der Waals surface area contributed by atoms with Gasteiger partial charge in [0, 0.05) is 31.4 Å². The van der Waals surface area contributed by atoms with E-state index >= 15 is 0 Å². The highest BCUT2D eigenvalue weighted by molar-refractivity contribution is 5.84. The summed E-state index contributed by atoms with van der Waals surface area (Å²) >= 11 is 0. The molecule has 0 aliphatic carbocycles. The minimum absolute atomic E-state index is 0.0779. The van der Waals surface area contributed by atoms with E-state index in [0.717, 1.165) is 31.6 Å². The van der Waals surface area contributed by atoms with Crippen LogP contribution in [0.1, 0.15) is 29.5 Å². The average molecular weight is 457 g/mol. The zero-order chi connectivity index (χ0) is 23.1. The van der Waals surface area contributed by atoms with Crippen LogP contribution in [0.2, 0.25) is 0 Å². The number of benzene rings is 2. The van der Waals surface area contributed by atoms with Crippen molar-refractivity contribution < 1.29 is 31.1 Å². The smallest absolute Gasteiger partial charge is 0.381 e. The molecular formula is C22H21F6N3O. The predicted octanol–water partition coefficient (Wildman–Crippen LogP) is 5.88. The Balaban J connectivity index is 1.62. The molecule has 0 amide bonds. The van der Waals surface area contributed by atoms with Crippen molar-refractivity contribution in [3.05, 3.63) is 53.1 Å². The molecule has 2 aromatic carbocycles. The molecule has 1 N–H and O–H groups in total. The van der Waals surface area contributed by atoms with Crippen LogP contribution in [-0.2, 0) is 23.6 Å². The minimum atomic E-state index is -4.97. The number of nitrogens with zero attached hydrogens (tertiary/aromatic N) is 2. The summed E-state index contributed by atoms with van der Waals surface area (Å²) in [7, 11) is 2.03. The van der Waals surface area contributed by atoms with Gasteiger partial charge in [-0.15, -0.1) is 0 Å². The number of fused-ring (bicyclic) bond motifs is 1. The van der Waals surface area contributed by atoms with Gasteiger partial charge in [-0.2, -0.15) is 26.3 Å². The zero-order valence-corrected chi connectivity index (χ0v) is 17.1. The number of rotatable bonds is 4. The van der Waals surface area contributed by atoms with Gasteiger partial charge in [-0.3, -0.25) is 4.90 Å². The molecule has 4 rings (SSSR count). The van der Waals surface area contributed by atoms with E-state index in [1.165, 1.54) is 0 Å². The summed E-state index contributed by atoms with van der Waals surface area (Å²) < 4.78 is 84.8. The number of H-pyrrole nitrogens is 1. The number of imidazole rings is 1. The first kappa shape index (κ1) is 22.6. The Kier molecular flexibility index (Phi) is 5.93. The van der Waals surface area contributed by atoms with Crippen LogP contribution in [0.3, 0.4) is 0 Å². The maximum atomic E-state index is 13.4. The largest absolute Gasteiger partial charge is 0.418 e. The number of hydrogen-bond acceptors (Lipinski definition) is 3. The fourth-order valence-electron chi connectivity index (χ4n) is 3.95. The van der Waals surface area contributed by atoms with E-state index in [9.17, 15) is 26.3 Å². The number of hydrogen-bond donors (Lipinski definition) is 1. The van der Waals surface area contributed by atoms with Gasteiger partial charge in [0.25, 0.3) is 0 Å². The standard InChI is InChI=1S/C22H21F6N3O/c1-31(16-6-8-32-9-7-16)12-13-2-4-14(5-3-13)20-29-18-11-15(21(23,24)25)10-17(19(18)30-20)22(26,27)28/h2-5,10-11,16H,6-9,12H2,1H3,(H,29,30). The van der Waals surface area contributed by atoms with E-state index < -0.39 is 29.0 Å². The summed E-state index contributed by atoms with van der Waals surface area (Å²) in [5, 5.41) is 0. The van der Waals surface area contributed by atoms with Gasteiger partial charge in [0.05, 0.1) is 16.6 Å². The molecule has 1 fully saturated rings. The van der Waals surface area contributed by atoms with Crippen LogP contribution in [0.15, 0.2) is 36.4 Å². The zero-order valence-electron chi connectivity index (χ0n) is 17.1. The van der Waals surface area contributed by atoms with E-state index in [2.05, 4.69) is 14.9 Å². The molecule has 0 spiro atoms. The Labute approximate surface area is 180 Å². The lowest BCUT2D eigenvalue weighted by Gasteiger charge is -2.31. The number of halogens is 6. The van der Waals surface area contributed by atoms with E-state index in [-0.39, 0.29) is 17.4 Å².